The van der Waals surface area contributed by atoms with Crippen molar-refractivity contribution in [3.8, 4) is 0 Å². The van der Waals surface area contributed by atoms with Crippen molar-refractivity contribution in [1.82, 2.24) is 5.32 Å². The fraction of sp³-hybridized carbons (Fsp3) is 1.00. The smallest absolute Gasteiger partial charge is 0.00827 e. The van der Waals surface area contributed by atoms with Gasteiger partial charge in [-0.15, -0.1) is 0 Å². The van der Waals surface area contributed by atoms with Crippen molar-refractivity contribution in [3.05, 3.63) is 0 Å². The summed E-state index contributed by atoms with van der Waals surface area (Å²) in [6.07, 6.45) is 4.03. The van der Waals surface area contributed by atoms with E-state index in [9.17, 15) is 0 Å². The first kappa shape index (κ1) is 8.41. The number of rotatable bonds is 3. The highest BCUT2D eigenvalue weighted by Gasteiger charge is 2.11. The average Bonchev–Trinajstić information content (AvgIpc) is 2.03. The second-order valence-electron chi connectivity index (χ2n) is 2.84. The molecule has 0 amide bonds. The second-order valence-corrected chi connectivity index (χ2v) is 4.07. The van der Waals surface area contributed by atoms with Crippen LogP contribution in [0.5, 0.6) is 0 Å². The van der Waals surface area contributed by atoms with Gasteiger partial charge in [-0.3, -0.25) is 0 Å². The van der Waals surface area contributed by atoms with Crippen LogP contribution in [0.2, 0.25) is 0 Å². The summed E-state index contributed by atoms with van der Waals surface area (Å²) in [7, 11) is 0. The molecule has 0 aromatic heterocycles. The van der Waals surface area contributed by atoms with Crippen LogP contribution in [0.4, 0.5) is 0 Å². The summed E-state index contributed by atoms with van der Waals surface area (Å²) >= 11 is 2.09. The molecule has 60 valence electrons. The topological polar surface area (TPSA) is 12.0 Å². The van der Waals surface area contributed by atoms with E-state index in [-0.39, 0.29) is 0 Å². The minimum absolute atomic E-state index is 0.834. The van der Waals surface area contributed by atoms with Crippen molar-refractivity contribution < 1.29 is 0 Å². The van der Waals surface area contributed by atoms with Gasteiger partial charge in [0.2, 0.25) is 0 Å². The van der Waals surface area contributed by atoms with E-state index in [0.29, 0.717) is 0 Å². The molecule has 1 nitrogen and oxygen atoms in total. The maximum Gasteiger partial charge on any atom is 0.00827 e. The lowest BCUT2D eigenvalue weighted by atomic mass is 10.1. The molecule has 0 unspecified atom stereocenters. The molecule has 0 aliphatic carbocycles. The van der Waals surface area contributed by atoms with Gasteiger partial charge in [-0.25, -0.2) is 0 Å². The van der Waals surface area contributed by atoms with E-state index in [4.69, 9.17) is 0 Å². The lowest BCUT2D eigenvalue weighted by molar-refractivity contribution is 0.483. The summed E-state index contributed by atoms with van der Waals surface area (Å²) in [4.78, 5) is 0. The van der Waals surface area contributed by atoms with Gasteiger partial charge in [-0.05, 0) is 37.3 Å². The van der Waals surface area contributed by atoms with Gasteiger partial charge in [0.15, 0.2) is 0 Å². The number of hydrogen-bond donors (Lipinski definition) is 1. The Bertz CT molecular complexity index is 79.3. The fourth-order valence-corrected chi connectivity index (χ4v) is 2.36. The minimum atomic E-state index is 0.834. The van der Waals surface area contributed by atoms with Crippen molar-refractivity contribution in [2.45, 2.75) is 32.2 Å². The third kappa shape index (κ3) is 2.93. The highest BCUT2D eigenvalue weighted by atomic mass is 32.2. The van der Waals surface area contributed by atoms with E-state index in [2.05, 4.69) is 24.0 Å². The Morgan fingerprint density at radius 1 is 1.40 bits per heavy atom. The Kier molecular flexibility index (Phi) is 4.23. The van der Waals surface area contributed by atoms with Crippen molar-refractivity contribution in [2.24, 2.45) is 0 Å². The zero-order valence-electron chi connectivity index (χ0n) is 6.73. The Hall–Kier alpha value is 0.310. The van der Waals surface area contributed by atoms with Crippen LogP contribution in [0, 0.1) is 0 Å². The SMILES string of the molecule is CCCNC1CCSCC1. The molecule has 1 fully saturated rings. The summed E-state index contributed by atoms with van der Waals surface area (Å²) in [5.41, 5.74) is 0. The molecule has 1 N–H and O–H groups in total. The van der Waals surface area contributed by atoms with Crippen LogP contribution in [0.25, 0.3) is 0 Å². The first-order valence-corrected chi connectivity index (χ1v) is 5.40. The quantitative estimate of drug-likeness (QED) is 0.675. The molecule has 1 aliphatic heterocycles. The highest BCUT2D eigenvalue weighted by Crippen LogP contribution is 2.16. The zero-order chi connectivity index (χ0) is 7.23. The molecule has 0 spiro atoms. The van der Waals surface area contributed by atoms with Gasteiger partial charge in [0.1, 0.15) is 0 Å². The monoisotopic (exact) mass is 159 g/mol. The molecule has 1 saturated heterocycles. The van der Waals surface area contributed by atoms with Gasteiger partial charge in [-0.2, -0.15) is 11.8 Å². The van der Waals surface area contributed by atoms with E-state index in [1.54, 1.807) is 0 Å². The summed E-state index contributed by atoms with van der Waals surface area (Å²) in [6, 6.07) is 0.834. The van der Waals surface area contributed by atoms with Gasteiger partial charge >= 0.3 is 0 Å². The zero-order valence-corrected chi connectivity index (χ0v) is 7.54. The second kappa shape index (κ2) is 5.03. The highest BCUT2D eigenvalue weighted by molar-refractivity contribution is 7.99. The van der Waals surface area contributed by atoms with Crippen LogP contribution in [0.1, 0.15) is 26.2 Å². The van der Waals surface area contributed by atoms with E-state index in [1.807, 2.05) is 0 Å². The molecule has 0 aromatic carbocycles. The molecule has 0 aromatic rings. The first-order chi connectivity index (χ1) is 4.93. The van der Waals surface area contributed by atoms with E-state index >= 15 is 0 Å². The van der Waals surface area contributed by atoms with E-state index in [1.165, 1.54) is 37.3 Å². The third-order valence-corrected chi connectivity index (χ3v) is 2.95. The standard InChI is InChI=1S/C8H17NS/c1-2-5-9-8-3-6-10-7-4-8/h8-9H,2-7H2,1H3. The molecular weight excluding hydrogens is 142 g/mol. The van der Waals surface area contributed by atoms with E-state index in [0.717, 1.165) is 6.04 Å². The molecule has 1 aliphatic rings. The number of thioether (sulfide) groups is 1. The summed E-state index contributed by atoms with van der Waals surface area (Å²) < 4.78 is 0. The summed E-state index contributed by atoms with van der Waals surface area (Å²) in [6.45, 7) is 3.43. The van der Waals surface area contributed by atoms with Crippen molar-refractivity contribution >= 4 is 11.8 Å². The molecule has 0 bridgehead atoms. The van der Waals surface area contributed by atoms with Gasteiger partial charge < -0.3 is 5.32 Å². The van der Waals surface area contributed by atoms with Gasteiger partial charge in [0, 0.05) is 6.04 Å². The van der Waals surface area contributed by atoms with Crippen LogP contribution in [-0.2, 0) is 0 Å². The lowest BCUT2D eigenvalue weighted by Gasteiger charge is -2.22. The fourth-order valence-electron chi connectivity index (χ4n) is 1.25. The molecule has 0 radical (unpaired) electrons. The molecular formula is C8H17NS. The Balaban J connectivity index is 2.02. The summed E-state index contributed by atoms with van der Waals surface area (Å²) in [5.74, 6) is 2.72. The van der Waals surface area contributed by atoms with E-state index < -0.39 is 0 Å². The molecule has 0 saturated carbocycles. The predicted octanol–water partition coefficient (Wildman–Crippen LogP) is 1.88. The Morgan fingerprint density at radius 3 is 2.70 bits per heavy atom. The van der Waals surface area contributed by atoms with Crippen LogP contribution >= 0.6 is 11.8 Å². The minimum Gasteiger partial charge on any atom is -0.314 e. The third-order valence-electron chi connectivity index (χ3n) is 1.90. The average molecular weight is 159 g/mol. The van der Waals surface area contributed by atoms with Gasteiger partial charge in [0.25, 0.3) is 0 Å². The lowest BCUT2D eigenvalue weighted by Crippen LogP contribution is -2.32. The number of hydrogen-bond acceptors (Lipinski definition) is 2. The Morgan fingerprint density at radius 2 is 2.10 bits per heavy atom. The van der Waals surface area contributed by atoms with Crippen LogP contribution < -0.4 is 5.32 Å². The molecule has 0 atom stereocenters. The normalized spacial score (nSPS) is 21.3. The van der Waals surface area contributed by atoms with Gasteiger partial charge in [-0.1, -0.05) is 6.92 Å². The van der Waals surface area contributed by atoms with Crippen LogP contribution in [0.3, 0.4) is 0 Å². The van der Waals surface area contributed by atoms with Crippen molar-refractivity contribution in [1.29, 1.82) is 0 Å². The molecule has 10 heavy (non-hydrogen) atoms. The first-order valence-electron chi connectivity index (χ1n) is 4.24. The van der Waals surface area contributed by atoms with Crippen molar-refractivity contribution in [2.75, 3.05) is 18.1 Å². The van der Waals surface area contributed by atoms with Crippen molar-refractivity contribution in [3.63, 3.8) is 0 Å². The van der Waals surface area contributed by atoms with Crippen LogP contribution in [0.15, 0.2) is 0 Å². The predicted molar refractivity (Wildman–Crippen MR) is 48.6 cm³/mol. The van der Waals surface area contributed by atoms with Gasteiger partial charge in [0.05, 0.1) is 0 Å². The maximum atomic E-state index is 3.56. The molecule has 1 heterocycles. The van der Waals surface area contributed by atoms with Crippen LogP contribution in [-0.4, -0.2) is 24.1 Å². The largest absolute Gasteiger partial charge is 0.314 e. The summed E-state index contributed by atoms with van der Waals surface area (Å²) in [5, 5.41) is 3.56. The number of nitrogens with one attached hydrogen (secondary N) is 1. The maximum absolute atomic E-state index is 3.56. The molecule has 1 rings (SSSR count). The Labute approximate surface area is 68.0 Å². The molecule has 2 heteroatoms.